The molecule has 0 aromatic heterocycles. The SMILES string of the molecule is O=C(CC1CCCCC1)C1CC2CCC(C1)N2. The molecule has 1 saturated carbocycles. The standard InChI is InChI=1S/C15H25NO/c17-15(8-11-4-2-1-3-5-11)12-9-13-6-7-14(10-12)16-13/h11-14,16H,1-10H2. The van der Waals surface area contributed by atoms with E-state index in [0.717, 1.165) is 25.2 Å². The number of carbonyl (C=O) groups excluding carboxylic acids is 1. The Morgan fingerprint density at radius 3 is 2.24 bits per heavy atom. The first-order valence-corrected chi connectivity index (χ1v) is 7.60. The van der Waals surface area contributed by atoms with Crippen molar-refractivity contribution in [1.82, 2.24) is 5.32 Å². The van der Waals surface area contributed by atoms with Gasteiger partial charge in [0.25, 0.3) is 0 Å². The molecule has 0 spiro atoms. The van der Waals surface area contributed by atoms with Crippen LogP contribution in [0.4, 0.5) is 0 Å². The molecule has 1 N–H and O–H groups in total. The van der Waals surface area contributed by atoms with Crippen LogP contribution in [0.1, 0.15) is 64.2 Å². The highest BCUT2D eigenvalue weighted by molar-refractivity contribution is 5.81. The van der Waals surface area contributed by atoms with Gasteiger partial charge >= 0.3 is 0 Å². The molecule has 2 nitrogen and oxygen atoms in total. The van der Waals surface area contributed by atoms with Gasteiger partial charge in [0.15, 0.2) is 0 Å². The molecule has 2 heterocycles. The zero-order valence-corrected chi connectivity index (χ0v) is 10.8. The number of rotatable bonds is 3. The highest BCUT2D eigenvalue weighted by atomic mass is 16.1. The van der Waals surface area contributed by atoms with Gasteiger partial charge in [-0.2, -0.15) is 0 Å². The second-order valence-corrected chi connectivity index (χ2v) is 6.48. The summed E-state index contributed by atoms with van der Waals surface area (Å²) < 4.78 is 0. The number of Topliss-reactive ketones (excluding diaryl/α,β-unsaturated/α-hetero) is 1. The van der Waals surface area contributed by atoms with Crippen molar-refractivity contribution in [2.24, 2.45) is 11.8 Å². The van der Waals surface area contributed by atoms with Gasteiger partial charge in [0.2, 0.25) is 0 Å². The van der Waals surface area contributed by atoms with E-state index in [1.807, 2.05) is 0 Å². The lowest BCUT2D eigenvalue weighted by atomic mass is 9.80. The van der Waals surface area contributed by atoms with Crippen molar-refractivity contribution in [2.75, 3.05) is 0 Å². The second-order valence-electron chi connectivity index (χ2n) is 6.48. The first kappa shape index (κ1) is 11.7. The van der Waals surface area contributed by atoms with Crippen LogP contribution in [0.25, 0.3) is 0 Å². The predicted molar refractivity (Wildman–Crippen MR) is 68.9 cm³/mol. The van der Waals surface area contributed by atoms with E-state index in [2.05, 4.69) is 5.32 Å². The minimum absolute atomic E-state index is 0.399. The number of nitrogens with one attached hydrogen (secondary N) is 1. The molecule has 2 heteroatoms. The summed E-state index contributed by atoms with van der Waals surface area (Å²) in [6, 6.07) is 1.32. The van der Waals surface area contributed by atoms with E-state index in [0.29, 0.717) is 23.8 Å². The third kappa shape index (κ3) is 2.73. The summed E-state index contributed by atoms with van der Waals surface area (Å²) in [7, 11) is 0. The number of piperidine rings is 1. The monoisotopic (exact) mass is 235 g/mol. The van der Waals surface area contributed by atoms with E-state index in [4.69, 9.17) is 0 Å². The Bertz CT molecular complexity index is 271. The minimum atomic E-state index is 0.399. The van der Waals surface area contributed by atoms with Crippen LogP contribution in [-0.2, 0) is 4.79 Å². The molecule has 2 aliphatic heterocycles. The molecule has 17 heavy (non-hydrogen) atoms. The normalized spacial score (nSPS) is 38.2. The molecule has 2 saturated heterocycles. The van der Waals surface area contributed by atoms with E-state index in [-0.39, 0.29) is 0 Å². The molecule has 0 radical (unpaired) electrons. The summed E-state index contributed by atoms with van der Waals surface area (Å²) in [5.74, 6) is 1.72. The van der Waals surface area contributed by atoms with Crippen LogP contribution in [-0.4, -0.2) is 17.9 Å². The summed E-state index contributed by atoms with van der Waals surface area (Å²) in [5, 5.41) is 3.63. The summed E-state index contributed by atoms with van der Waals surface area (Å²) in [4.78, 5) is 12.4. The van der Waals surface area contributed by atoms with Crippen molar-refractivity contribution in [3.05, 3.63) is 0 Å². The van der Waals surface area contributed by atoms with Crippen molar-refractivity contribution in [2.45, 2.75) is 76.3 Å². The molecule has 0 aromatic carbocycles. The maximum absolute atomic E-state index is 12.4. The number of carbonyl (C=O) groups is 1. The Morgan fingerprint density at radius 1 is 0.941 bits per heavy atom. The molecule has 2 atom stereocenters. The van der Waals surface area contributed by atoms with Gasteiger partial charge in [-0.25, -0.2) is 0 Å². The average molecular weight is 235 g/mol. The van der Waals surface area contributed by atoms with Crippen LogP contribution >= 0.6 is 0 Å². The number of hydrogen-bond acceptors (Lipinski definition) is 2. The summed E-state index contributed by atoms with van der Waals surface area (Å²) in [6.45, 7) is 0. The fraction of sp³-hybridized carbons (Fsp3) is 0.933. The minimum Gasteiger partial charge on any atom is -0.311 e. The zero-order valence-electron chi connectivity index (χ0n) is 10.8. The lowest BCUT2D eigenvalue weighted by Crippen LogP contribution is -2.40. The summed E-state index contributed by atoms with van der Waals surface area (Å²) >= 11 is 0. The van der Waals surface area contributed by atoms with Gasteiger partial charge < -0.3 is 5.32 Å². The van der Waals surface area contributed by atoms with Gasteiger partial charge in [0.05, 0.1) is 0 Å². The van der Waals surface area contributed by atoms with E-state index in [9.17, 15) is 4.79 Å². The van der Waals surface area contributed by atoms with Gasteiger partial charge in [0.1, 0.15) is 5.78 Å². The largest absolute Gasteiger partial charge is 0.311 e. The molecule has 96 valence electrons. The molecule has 3 aliphatic rings. The molecular formula is C15H25NO. The topological polar surface area (TPSA) is 29.1 Å². The Balaban J connectivity index is 1.51. The van der Waals surface area contributed by atoms with Crippen molar-refractivity contribution in [3.8, 4) is 0 Å². The van der Waals surface area contributed by atoms with Crippen molar-refractivity contribution >= 4 is 5.78 Å². The van der Waals surface area contributed by atoms with Gasteiger partial charge in [0, 0.05) is 24.4 Å². The number of hydrogen-bond donors (Lipinski definition) is 1. The van der Waals surface area contributed by atoms with Crippen LogP contribution in [0.15, 0.2) is 0 Å². The quantitative estimate of drug-likeness (QED) is 0.814. The first-order chi connectivity index (χ1) is 8.31. The molecule has 0 aromatic rings. The molecule has 2 bridgehead atoms. The molecular weight excluding hydrogens is 210 g/mol. The van der Waals surface area contributed by atoms with E-state index < -0.39 is 0 Å². The molecule has 1 aliphatic carbocycles. The lowest BCUT2D eigenvalue weighted by molar-refractivity contribution is -0.125. The number of fused-ring (bicyclic) bond motifs is 2. The Morgan fingerprint density at radius 2 is 1.59 bits per heavy atom. The predicted octanol–water partition coefficient (Wildman–Crippen LogP) is 3.06. The number of ketones is 1. The molecule has 2 unspecified atom stereocenters. The second kappa shape index (κ2) is 5.09. The molecule has 3 rings (SSSR count). The van der Waals surface area contributed by atoms with E-state index in [1.165, 1.54) is 44.9 Å². The Kier molecular flexibility index (Phi) is 3.51. The fourth-order valence-corrected chi connectivity index (χ4v) is 4.16. The van der Waals surface area contributed by atoms with Crippen LogP contribution in [0.2, 0.25) is 0 Å². The van der Waals surface area contributed by atoms with Gasteiger partial charge in [-0.05, 0) is 31.6 Å². The van der Waals surface area contributed by atoms with Crippen molar-refractivity contribution < 1.29 is 4.79 Å². The van der Waals surface area contributed by atoms with Crippen molar-refractivity contribution in [3.63, 3.8) is 0 Å². The van der Waals surface area contributed by atoms with Crippen LogP contribution in [0, 0.1) is 11.8 Å². The first-order valence-electron chi connectivity index (χ1n) is 7.60. The van der Waals surface area contributed by atoms with E-state index in [1.54, 1.807) is 0 Å². The highest BCUT2D eigenvalue weighted by Crippen LogP contribution is 2.34. The van der Waals surface area contributed by atoms with Crippen molar-refractivity contribution in [1.29, 1.82) is 0 Å². The maximum atomic E-state index is 12.4. The van der Waals surface area contributed by atoms with E-state index >= 15 is 0 Å². The molecule has 3 fully saturated rings. The Hall–Kier alpha value is -0.370. The highest BCUT2D eigenvalue weighted by Gasteiger charge is 2.36. The fourth-order valence-electron chi connectivity index (χ4n) is 4.16. The lowest BCUT2D eigenvalue weighted by Gasteiger charge is -2.30. The third-order valence-corrected chi connectivity index (χ3v) is 5.14. The maximum Gasteiger partial charge on any atom is 0.136 e. The summed E-state index contributed by atoms with van der Waals surface area (Å²) in [5.41, 5.74) is 0. The Labute approximate surface area is 105 Å². The van der Waals surface area contributed by atoms with Gasteiger partial charge in [-0.3, -0.25) is 4.79 Å². The summed E-state index contributed by atoms with van der Waals surface area (Å²) in [6.07, 6.45) is 12.5. The average Bonchev–Trinajstić information content (AvgIpc) is 2.69. The molecule has 0 amide bonds. The van der Waals surface area contributed by atoms with Crippen LogP contribution in [0.5, 0.6) is 0 Å². The van der Waals surface area contributed by atoms with Crippen LogP contribution < -0.4 is 5.32 Å². The third-order valence-electron chi connectivity index (χ3n) is 5.14. The van der Waals surface area contributed by atoms with Crippen LogP contribution in [0.3, 0.4) is 0 Å². The van der Waals surface area contributed by atoms with Gasteiger partial charge in [-0.1, -0.05) is 32.1 Å². The zero-order chi connectivity index (χ0) is 11.7. The smallest absolute Gasteiger partial charge is 0.136 e. The van der Waals surface area contributed by atoms with Gasteiger partial charge in [-0.15, -0.1) is 0 Å².